The number of hydrogen-bond donors (Lipinski definition) is 1. The minimum atomic E-state index is -0.195. The summed E-state index contributed by atoms with van der Waals surface area (Å²) >= 11 is 1.85. The number of rotatable bonds is 4. The summed E-state index contributed by atoms with van der Waals surface area (Å²) in [5, 5.41) is 1.23. The Morgan fingerprint density at radius 1 is 1.23 bits per heavy atom. The van der Waals surface area contributed by atoms with Gasteiger partial charge in [-0.05, 0) is 43.6 Å². The van der Waals surface area contributed by atoms with E-state index in [2.05, 4.69) is 16.7 Å². The van der Waals surface area contributed by atoms with E-state index in [1.807, 2.05) is 11.3 Å². The maximum absolute atomic E-state index is 11.9. The fraction of sp³-hybridized carbons (Fsp3) is 0.682. The predicted molar refractivity (Wildman–Crippen MR) is 119 cm³/mol. The normalized spacial score (nSPS) is 25.4. The molecule has 162 valence electrons. The smallest absolute Gasteiger partial charge is 0.222 e. The van der Waals surface area contributed by atoms with Gasteiger partial charge in [0.1, 0.15) is 16.5 Å². The molecule has 2 aromatic rings. The number of carbonyl (C=O) groups excluding carboxylic acids is 1. The number of nitrogens with zero attached hydrogens (tertiary/aromatic N) is 4. The molecule has 0 aromatic carbocycles. The van der Waals surface area contributed by atoms with Crippen molar-refractivity contribution in [2.75, 3.05) is 44.3 Å². The van der Waals surface area contributed by atoms with Crippen LogP contribution in [0.1, 0.15) is 42.5 Å². The molecule has 2 aliphatic heterocycles. The Morgan fingerprint density at radius 2 is 2.07 bits per heavy atom. The Balaban J connectivity index is 1.55. The lowest BCUT2D eigenvalue weighted by molar-refractivity contribution is -0.122. The molecular formula is C22H31N5O2S. The third-order valence-corrected chi connectivity index (χ3v) is 7.92. The van der Waals surface area contributed by atoms with Crippen LogP contribution in [0.25, 0.3) is 10.2 Å². The maximum atomic E-state index is 11.9. The molecule has 0 saturated carbocycles. The minimum absolute atomic E-state index is 0.0963. The van der Waals surface area contributed by atoms with Crippen molar-refractivity contribution < 1.29 is 9.53 Å². The number of anilines is 1. The molecule has 30 heavy (non-hydrogen) atoms. The van der Waals surface area contributed by atoms with Crippen LogP contribution in [0.5, 0.6) is 0 Å². The lowest BCUT2D eigenvalue weighted by Crippen LogP contribution is -2.42. The number of piperidine rings is 1. The molecule has 3 aliphatic rings. The van der Waals surface area contributed by atoms with E-state index in [-0.39, 0.29) is 11.8 Å². The van der Waals surface area contributed by atoms with Crippen LogP contribution in [-0.4, -0.2) is 60.2 Å². The first-order valence-corrected chi connectivity index (χ1v) is 12.1. The van der Waals surface area contributed by atoms with Gasteiger partial charge in [0.25, 0.3) is 0 Å². The predicted octanol–water partition coefficient (Wildman–Crippen LogP) is 2.35. The summed E-state index contributed by atoms with van der Waals surface area (Å²) in [5.41, 5.74) is 7.11. The average molecular weight is 430 g/mol. The molecule has 0 unspecified atom stereocenters. The Morgan fingerprint density at radius 3 is 2.87 bits per heavy atom. The van der Waals surface area contributed by atoms with Gasteiger partial charge in [-0.15, -0.1) is 11.3 Å². The van der Waals surface area contributed by atoms with Gasteiger partial charge in [-0.3, -0.25) is 9.69 Å². The van der Waals surface area contributed by atoms with Crippen molar-refractivity contribution in [3.05, 3.63) is 16.3 Å². The number of fused-ring (bicyclic) bond motifs is 3. The number of ether oxygens (including phenoxy) is 1. The molecule has 2 N–H and O–H groups in total. The summed E-state index contributed by atoms with van der Waals surface area (Å²) in [4.78, 5) is 29.3. The van der Waals surface area contributed by atoms with Gasteiger partial charge < -0.3 is 15.4 Å². The molecule has 5 rings (SSSR count). The molecule has 0 bridgehead atoms. The van der Waals surface area contributed by atoms with Crippen molar-refractivity contribution in [3.63, 3.8) is 0 Å². The number of amides is 1. The van der Waals surface area contributed by atoms with Gasteiger partial charge in [-0.25, -0.2) is 9.97 Å². The van der Waals surface area contributed by atoms with Crippen LogP contribution in [0.4, 0.5) is 5.82 Å². The highest BCUT2D eigenvalue weighted by atomic mass is 32.1. The molecule has 7 nitrogen and oxygen atoms in total. The molecule has 2 saturated heterocycles. The van der Waals surface area contributed by atoms with Gasteiger partial charge in [-0.1, -0.05) is 6.92 Å². The van der Waals surface area contributed by atoms with Crippen molar-refractivity contribution in [3.8, 4) is 0 Å². The maximum Gasteiger partial charge on any atom is 0.222 e. The molecular weight excluding hydrogens is 398 g/mol. The van der Waals surface area contributed by atoms with E-state index >= 15 is 0 Å². The SMILES string of the molecule is C[C@H]1CCc2c(sc3nc(CN4CCOCC4)nc(N4CCC[C@H](C(N)=O)C4)c23)C1. The van der Waals surface area contributed by atoms with Gasteiger partial charge in [0, 0.05) is 31.1 Å². The van der Waals surface area contributed by atoms with Crippen molar-refractivity contribution >= 4 is 33.3 Å². The number of nitrogens with two attached hydrogens (primary N) is 1. The Labute approximate surface area is 181 Å². The second-order valence-electron chi connectivity index (χ2n) is 9.07. The van der Waals surface area contributed by atoms with Crippen LogP contribution in [0.15, 0.2) is 0 Å². The monoisotopic (exact) mass is 429 g/mol. The molecule has 2 fully saturated rings. The average Bonchev–Trinajstić information content (AvgIpc) is 3.11. The van der Waals surface area contributed by atoms with Crippen molar-refractivity contribution in [1.82, 2.24) is 14.9 Å². The molecule has 4 heterocycles. The molecule has 2 aromatic heterocycles. The molecule has 0 radical (unpaired) electrons. The van der Waals surface area contributed by atoms with E-state index < -0.39 is 0 Å². The number of carbonyl (C=O) groups is 1. The zero-order valence-electron chi connectivity index (χ0n) is 17.7. The van der Waals surface area contributed by atoms with E-state index in [4.69, 9.17) is 20.4 Å². The van der Waals surface area contributed by atoms with E-state index in [1.165, 1.54) is 22.2 Å². The van der Waals surface area contributed by atoms with Crippen molar-refractivity contribution in [2.24, 2.45) is 17.6 Å². The fourth-order valence-corrected chi connectivity index (χ4v) is 6.42. The summed E-state index contributed by atoms with van der Waals surface area (Å²) in [6.07, 6.45) is 5.31. The van der Waals surface area contributed by atoms with Crippen LogP contribution >= 0.6 is 11.3 Å². The number of aromatic nitrogens is 2. The Bertz CT molecular complexity index is 939. The van der Waals surface area contributed by atoms with Crippen LogP contribution in [0.2, 0.25) is 0 Å². The van der Waals surface area contributed by atoms with E-state index in [0.29, 0.717) is 6.54 Å². The topological polar surface area (TPSA) is 84.6 Å². The number of hydrogen-bond acceptors (Lipinski definition) is 7. The van der Waals surface area contributed by atoms with Crippen molar-refractivity contribution in [2.45, 2.75) is 45.6 Å². The van der Waals surface area contributed by atoms with Gasteiger partial charge in [0.2, 0.25) is 5.91 Å². The van der Waals surface area contributed by atoms with E-state index in [0.717, 1.165) is 87.5 Å². The van der Waals surface area contributed by atoms with E-state index in [9.17, 15) is 4.79 Å². The van der Waals surface area contributed by atoms with E-state index in [1.54, 1.807) is 0 Å². The van der Waals surface area contributed by atoms with Crippen LogP contribution in [-0.2, 0) is 28.9 Å². The largest absolute Gasteiger partial charge is 0.379 e. The third kappa shape index (κ3) is 3.92. The van der Waals surface area contributed by atoms with Crippen LogP contribution in [0.3, 0.4) is 0 Å². The van der Waals surface area contributed by atoms with Crippen molar-refractivity contribution in [1.29, 1.82) is 0 Å². The highest BCUT2D eigenvalue weighted by Gasteiger charge is 2.30. The molecule has 0 spiro atoms. The number of thiophene rings is 1. The Hall–Kier alpha value is -1.77. The van der Waals surface area contributed by atoms with Gasteiger partial charge >= 0.3 is 0 Å². The number of aryl methyl sites for hydroxylation is 1. The zero-order valence-corrected chi connectivity index (χ0v) is 18.5. The van der Waals surface area contributed by atoms with Gasteiger partial charge in [0.15, 0.2) is 0 Å². The first-order chi connectivity index (χ1) is 14.6. The lowest BCUT2D eigenvalue weighted by atomic mass is 9.89. The quantitative estimate of drug-likeness (QED) is 0.803. The number of morpholine rings is 1. The molecule has 1 amide bonds. The summed E-state index contributed by atoms with van der Waals surface area (Å²) in [5.74, 6) is 2.35. The fourth-order valence-electron chi connectivity index (χ4n) is 5.03. The second-order valence-corrected chi connectivity index (χ2v) is 10.2. The summed E-state index contributed by atoms with van der Waals surface area (Å²) < 4.78 is 5.49. The Kier molecular flexibility index (Phi) is 5.64. The van der Waals surface area contributed by atoms with Crippen LogP contribution < -0.4 is 10.6 Å². The second kappa shape index (κ2) is 8.40. The summed E-state index contributed by atoms with van der Waals surface area (Å²) in [7, 11) is 0. The van der Waals surface area contributed by atoms with Gasteiger partial charge in [-0.2, -0.15) is 0 Å². The standard InChI is InChI=1S/C22H31N5O2S/c1-14-4-5-16-17(11-14)30-22-19(16)21(27-6-2-3-15(12-27)20(23)28)24-18(25-22)13-26-7-9-29-10-8-26/h14-15H,2-13H2,1H3,(H2,23,28)/t14-,15-/m0/s1. The first kappa shape index (κ1) is 20.2. The molecule has 1 aliphatic carbocycles. The van der Waals surface area contributed by atoms with Gasteiger partial charge in [0.05, 0.1) is 31.1 Å². The zero-order chi connectivity index (χ0) is 20.7. The molecule has 8 heteroatoms. The molecule has 2 atom stereocenters. The first-order valence-electron chi connectivity index (χ1n) is 11.2. The highest BCUT2D eigenvalue weighted by Crippen LogP contribution is 2.41. The summed E-state index contributed by atoms with van der Waals surface area (Å²) in [6.45, 7) is 8.06. The lowest BCUT2D eigenvalue weighted by Gasteiger charge is -2.33. The van der Waals surface area contributed by atoms with Crippen LogP contribution in [0, 0.1) is 11.8 Å². The number of primary amides is 1. The third-order valence-electron chi connectivity index (χ3n) is 6.77. The minimum Gasteiger partial charge on any atom is -0.379 e. The highest BCUT2D eigenvalue weighted by molar-refractivity contribution is 7.19. The summed E-state index contributed by atoms with van der Waals surface area (Å²) in [6, 6.07) is 0.